The summed E-state index contributed by atoms with van der Waals surface area (Å²) >= 11 is 0. The molecule has 2 fully saturated rings. The van der Waals surface area contributed by atoms with E-state index < -0.39 is 90.3 Å². The van der Waals surface area contributed by atoms with Gasteiger partial charge < -0.3 is 64.1 Å². The molecule has 0 bridgehead atoms. The first-order chi connectivity index (χ1) is 29.1. The Morgan fingerprint density at radius 1 is 0.484 bits per heavy atom. The van der Waals surface area contributed by atoms with Gasteiger partial charge in [0.1, 0.15) is 48.8 Å². The van der Waals surface area contributed by atoms with Gasteiger partial charge in [0.15, 0.2) is 12.6 Å². The molecule has 10 atom stereocenters. The fraction of sp³-hybridized carbons (Fsp3) is 1.00. The normalized spacial score (nSPS) is 27.2. The predicted octanol–water partition coefficient (Wildman–Crippen LogP) is 3.66. The van der Waals surface area contributed by atoms with Crippen LogP contribution in [0.15, 0.2) is 0 Å². The van der Waals surface area contributed by atoms with E-state index in [1.165, 1.54) is 128 Å². The molecule has 364 valence electrons. The maximum absolute atomic E-state index is 11.7. The fourth-order valence-electron chi connectivity index (χ4n) is 8.32. The monoisotopic (exact) mass is 946 g/mol. The SMILES string of the molecule is CCCCCCCCCCCCCCC(CCCCCCCCCCCCCC)CO[C@@H]1O[C@H](CO)[C@@H](OC2O[C@H](CO)[C@H](OP(=O)(O)O)[C@H](OP(=O)(O)O)[C@H]2O)[C@H](O)[C@H]1O.[Na+]. The summed E-state index contributed by atoms with van der Waals surface area (Å²) in [5.74, 6) is 0.177. The Morgan fingerprint density at radius 2 is 0.839 bits per heavy atom. The molecule has 0 aliphatic carbocycles. The molecule has 2 aliphatic heterocycles. The Morgan fingerprint density at radius 3 is 1.23 bits per heavy atom. The van der Waals surface area contributed by atoms with Crippen molar-refractivity contribution in [3.05, 3.63) is 0 Å². The Bertz CT molecular complexity index is 1150. The number of phosphoric acid groups is 2. The molecule has 17 nitrogen and oxygen atoms in total. The van der Waals surface area contributed by atoms with Gasteiger partial charge in [-0.25, -0.2) is 9.13 Å². The zero-order chi connectivity index (χ0) is 45.1. The third-order valence-electron chi connectivity index (χ3n) is 11.9. The maximum Gasteiger partial charge on any atom is 1.00 e. The molecule has 20 heteroatoms. The number of rotatable bonds is 37. The third-order valence-corrected chi connectivity index (χ3v) is 12.9. The first kappa shape index (κ1) is 60.9. The van der Waals surface area contributed by atoms with Gasteiger partial charge in [-0.2, -0.15) is 0 Å². The second kappa shape index (κ2) is 35.0. The zero-order valence-corrected chi connectivity index (χ0v) is 41.8. The van der Waals surface area contributed by atoms with Crippen molar-refractivity contribution in [2.75, 3.05) is 19.8 Å². The van der Waals surface area contributed by atoms with E-state index in [0.29, 0.717) is 0 Å². The van der Waals surface area contributed by atoms with Crippen LogP contribution in [0.1, 0.15) is 181 Å². The van der Waals surface area contributed by atoms with E-state index in [0.717, 1.165) is 38.5 Å². The van der Waals surface area contributed by atoms with Gasteiger partial charge in [0.2, 0.25) is 0 Å². The summed E-state index contributed by atoms with van der Waals surface area (Å²) in [5, 5.41) is 53.5. The average Bonchev–Trinajstić information content (AvgIpc) is 3.20. The molecule has 0 amide bonds. The van der Waals surface area contributed by atoms with Gasteiger partial charge in [0.05, 0.1) is 19.8 Å². The molecular formula is C42H84NaO17P2+. The molecule has 0 spiro atoms. The van der Waals surface area contributed by atoms with Crippen LogP contribution in [0.4, 0.5) is 0 Å². The average molecular weight is 946 g/mol. The van der Waals surface area contributed by atoms with Crippen LogP contribution in [0, 0.1) is 5.92 Å². The topological polar surface area (TPSA) is 272 Å². The van der Waals surface area contributed by atoms with Crippen LogP contribution < -0.4 is 29.6 Å². The van der Waals surface area contributed by atoms with Crippen molar-refractivity contribution in [2.45, 2.75) is 242 Å². The van der Waals surface area contributed by atoms with Gasteiger partial charge in [0.25, 0.3) is 0 Å². The van der Waals surface area contributed by atoms with Crippen molar-refractivity contribution in [2.24, 2.45) is 5.92 Å². The van der Waals surface area contributed by atoms with E-state index in [-0.39, 0.29) is 42.1 Å². The minimum absolute atomic E-state index is 0. The van der Waals surface area contributed by atoms with Crippen molar-refractivity contribution >= 4 is 15.6 Å². The van der Waals surface area contributed by atoms with Crippen LogP contribution in [-0.2, 0) is 37.1 Å². The largest absolute Gasteiger partial charge is 1.00 e. The quantitative estimate of drug-likeness (QED) is 0.0244. The molecule has 0 aromatic rings. The van der Waals surface area contributed by atoms with Crippen LogP contribution in [-0.4, -0.2) is 126 Å². The Labute approximate surface area is 393 Å². The van der Waals surface area contributed by atoms with Gasteiger partial charge >= 0.3 is 45.2 Å². The number of aliphatic hydroxyl groups excluding tert-OH is 5. The molecule has 2 saturated heterocycles. The number of aliphatic hydroxyl groups is 5. The Hall–Kier alpha value is 0.860. The molecule has 0 aromatic carbocycles. The van der Waals surface area contributed by atoms with Crippen LogP contribution >= 0.6 is 15.6 Å². The number of hydrogen-bond donors (Lipinski definition) is 9. The van der Waals surface area contributed by atoms with Crippen molar-refractivity contribution < 1.29 is 112 Å². The van der Waals surface area contributed by atoms with E-state index in [2.05, 4.69) is 22.9 Å². The van der Waals surface area contributed by atoms with Gasteiger partial charge in [0, 0.05) is 0 Å². The van der Waals surface area contributed by atoms with E-state index in [1.807, 2.05) is 0 Å². The maximum atomic E-state index is 11.7. The molecule has 0 aromatic heterocycles. The minimum Gasteiger partial charge on any atom is -0.394 e. The third kappa shape index (κ3) is 25.8. The molecule has 62 heavy (non-hydrogen) atoms. The summed E-state index contributed by atoms with van der Waals surface area (Å²) in [6.45, 7) is 2.93. The second-order valence-corrected chi connectivity index (χ2v) is 19.6. The Kier molecular flexibility index (Phi) is 34.4. The summed E-state index contributed by atoms with van der Waals surface area (Å²) in [5.41, 5.74) is 0. The minimum atomic E-state index is -5.44. The van der Waals surface area contributed by atoms with Crippen LogP contribution in [0.3, 0.4) is 0 Å². The zero-order valence-electron chi connectivity index (χ0n) is 38.0. The van der Waals surface area contributed by atoms with Gasteiger partial charge in [-0.1, -0.05) is 168 Å². The van der Waals surface area contributed by atoms with E-state index in [4.69, 9.17) is 18.9 Å². The predicted molar refractivity (Wildman–Crippen MR) is 229 cm³/mol. The molecule has 0 radical (unpaired) electrons. The van der Waals surface area contributed by atoms with Crippen molar-refractivity contribution in [1.29, 1.82) is 0 Å². The van der Waals surface area contributed by atoms with Crippen LogP contribution in [0.5, 0.6) is 0 Å². The number of unbranched alkanes of at least 4 members (excludes halogenated alkanes) is 22. The van der Waals surface area contributed by atoms with Crippen molar-refractivity contribution in [1.82, 2.24) is 0 Å². The van der Waals surface area contributed by atoms with Crippen molar-refractivity contribution in [3.8, 4) is 0 Å². The molecule has 1 unspecified atom stereocenters. The second-order valence-electron chi connectivity index (χ2n) is 17.2. The summed E-state index contributed by atoms with van der Waals surface area (Å²) in [4.78, 5) is 37.6. The molecule has 0 saturated carbocycles. The number of ether oxygens (including phenoxy) is 4. The summed E-state index contributed by atoms with van der Waals surface area (Å²) in [6, 6.07) is 0. The molecule has 2 rings (SSSR count). The molecule has 2 heterocycles. The van der Waals surface area contributed by atoms with Gasteiger partial charge in [-0.15, -0.1) is 0 Å². The van der Waals surface area contributed by atoms with Crippen molar-refractivity contribution in [3.63, 3.8) is 0 Å². The number of phosphoric ester groups is 2. The first-order valence-electron chi connectivity index (χ1n) is 23.5. The Balaban J connectivity index is 0.0000192. The number of hydrogen-bond acceptors (Lipinski definition) is 13. The van der Waals surface area contributed by atoms with E-state index in [9.17, 15) is 54.2 Å². The van der Waals surface area contributed by atoms with Crippen LogP contribution in [0.2, 0.25) is 0 Å². The fourth-order valence-corrected chi connectivity index (χ4v) is 9.46. The van der Waals surface area contributed by atoms with Gasteiger partial charge in [-0.05, 0) is 18.8 Å². The summed E-state index contributed by atoms with van der Waals surface area (Å²) in [7, 11) is -10.8. The summed E-state index contributed by atoms with van der Waals surface area (Å²) < 4.78 is 55.6. The van der Waals surface area contributed by atoms with Gasteiger partial charge in [-0.3, -0.25) is 9.05 Å². The molecular weight excluding hydrogens is 861 g/mol. The molecule has 9 N–H and O–H groups in total. The first-order valence-corrected chi connectivity index (χ1v) is 26.5. The standard InChI is InChI=1S/C42H84O17P2.Na/c1-3-5-7-9-11-13-15-17-19-21-23-25-27-32(28-26-24-22-20-18-16-14-12-10-8-6-4-2)31-54-41-36(46)35(45)38(33(29-43)55-41)57-42-37(47)40(59-61(51,52)53)39(34(30-44)56-42)58-60(48,49)50;/h32-47H,3-31H2,1-2H3,(H2,48,49,50)(H2,51,52,53);/q;+1/t33-,34-,35-,36-,37-,38-,39+,40-,41-,42?;/m1./s1. The summed E-state index contributed by atoms with van der Waals surface area (Å²) in [6.07, 6.45) is 13.8. The van der Waals surface area contributed by atoms with Crippen LogP contribution in [0.25, 0.3) is 0 Å². The van der Waals surface area contributed by atoms with E-state index >= 15 is 0 Å². The van der Waals surface area contributed by atoms with E-state index in [1.54, 1.807) is 0 Å². The smallest absolute Gasteiger partial charge is 0.394 e. The molecule has 2 aliphatic rings.